The maximum Gasteiger partial charge on any atom is 0.234 e. The van der Waals surface area contributed by atoms with Crippen molar-refractivity contribution in [3.63, 3.8) is 0 Å². The Labute approximate surface area is 165 Å². The number of hydrogen-bond donors (Lipinski definition) is 1. The molecule has 0 atom stereocenters. The molecule has 3 aromatic rings. The van der Waals surface area contributed by atoms with Crippen molar-refractivity contribution in [3.8, 4) is 17.6 Å². The standard InChI is InChI=1S/C23H21NO3S/c1-19-11-13-20(14-12-19)15-18-28(25,26)24-16-4-5-17-27-23-10-6-8-21-7-2-3-9-22(21)23/h2-3,6-15,18,24H,16-17H2,1H3/b18-15+. The predicted octanol–water partition coefficient (Wildman–Crippen LogP) is 4.12. The first kappa shape index (κ1) is 19.7. The summed E-state index contributed by atoms with van der Waals surface area (Å²) in [6, 6.07) is 21.4. The Morgan fingerprint density at radius 2 is 1.71 bits per heavy atom. The van der Waals surface area contributed by atoms with Gasteiger partial charge in [-0.3, -0.25) is 0 Å². The van der Waals surface area contributed by atoms with E-state index in [9.17, 15) is 8.42 Å². The highest BCUT2D eigenvalue weighted by Crippen LogP contribution is 2.24. The Hall–Kier alpha value is -3.07. The monoisotopic (exact) mass is 391 g/mol. The Bertz CT molecular complexity index is 1130. The van der Waals surface area contributed by atoms with E-state index < -0.39 is 10.0 Å². The lowest BCUT2D eigenvalue weighted by Crippen LogP contribution is -2.21. The van der Waals surface area contributed by atoms with E-state index in [1.165, 1.54) is 0 Å². The molecule has 0 spiro atoms. The number of aryl methyl sites for hydroxylation is 1. The maximum atomic E-state index is 12.0. The second-order valence-corrected chi connectivity index (χ2v) is 7.85. The van der Waals surface area contributed by atoms with E-state index in [1.807, 2.05) is 73.7 Å². The van der Waals surface area contributed by atoms with Crippen molar-refractivity contribution in [2.24, 2.45) is 0 Å². The van der Waals surface area contributed by atoms with Crippen LogP contribution in [0, 0.1) is 18.8 Å². The molecule has 0 fully saturated rings. The summed E-state index contributed by atoms with van der Waals surface area (Å²) in [7, 11) is -3.53. The van der Waals surface area contributed by atoms with Crippen molar-refractivity contribution in [2.75, 3.05) is 13.2 Å². The SMILES string of the molecule is Cc1ccc(/C=C/S(=O)(=O)NCC#CCOc2cccc3ccccc23)cc1. The van der Waals surface area contributed by atoms with Gasteiger partial charge in [0.2, 0.25) is 10.0 Å². The molecule has 0 aromatic heterocycles. The Balaban J connectivity index is 1.50. The van der Waals surface area contributed by atoms with Crippen molar-refractivity contribution in [2.45, 2.75) is 6.92 Å². The fraction of sp³-hybridized carbons (Fsp3) is 0.130. The second-order valence-electron chi connectivity index (χ2n) is 6.20. The van der Waals surface area contributed by atoms with Crippen LogP contribution in [0.3, 0.4) is 0 Å². The zero-order valence-electron chi connectivity index (χ0n) is 15.6. The summed E-state index contributed by atoms with van der Waals surface area (Å²) in [5, 5.41) is 3.27. The normalized spacial score (nSPS) is 11.3. The fourth-order valence-corrected chi connectivity index (χ4v) is 3.29. The molecule has 0 aliphatic rings. The van der Waals surface area contributed by atoms with E-state index in [0.29, 0.717) is 0 Å². The van der Waals surface area contributed by atoms with Gasteiger partial charge in [0, 0.05) is 10.8 Å². The summed E-state index contributed by atoms with van der Waals surface area (Å²) < 4.78 is 32.1. The van der Waals surface area contributed by atoms with E-state index >= 15 is 0 Å². The molecular weight excluding hydrogens is 370 g/mol. The quantitative estimate of drug-likeness (QED) is 0.643. The van der Waals surface area contributed by atoms with Crippen LogP contribution in [0.1, 0.15) is 11.1 Å². The van der Waals surface area contributed by atoms with Gasteiger partial charge < -0.3 is 4.74 Å². The molecule has 28 heavy (non-hydrogen) atoms. The van der Waals surface area contributed by atoms with Gasteiger partial charge in [0.05, 0.1) is 6.54 Å². The second kappa shape index (κ2) is 9.23. The zero-order chi connectivity index (χ0) is 19.8. The topological polar surface area (TPSA) is 55.4 Å². The van der Waals surface area contributed by atoms with Crippen molar-refractivity contribution in [1.29, 1.82) is 0 Å². The predicted molar refractivity (Wildman–Crippen MR) is 114 cm³/mol. The number of benzene rings is 3. The van der Waals surface area contributed by atoms with Crippen LogP contribution in [0.25, 0.3) is 16.8 Å². The molecule has 0 heterocycles. The minimum atomic E-state index is -3.53. The number of sulfonamides is 1. The van der Waals surface area contributed by atoms with E-state index in [-0.39, 0.29) is 13.2 Å². The highest BCUT2D eigenvalue weighted by Gasteiger charge is 2.02. The first-order chi connectivity index (χ1) is 13.5. The minimum Gasteiger partial charge on any atom is -0.480 e. The summed E-state index contributed by atoms with van der Waals surface area (Å²) in [4.78, 5) is 0. The van der Waals surface area contributed by atoms with Gasteiger partial charge in [-0.25, -0.2) is 8.42 Å². The first-order valence-corrected chi connectivity index (χ1v) is 10.4. The molecule has 0 aliphatic heterocycles. The van der Waals surface area contributed by atoms with Crippen LogP contribution in [-0.2, 0) is 10.0 Å². The zero-order valence-corrected chi connectivity index (χ0v) is 16.4. The van der Waals surface area contributed by atoms with Gasteiger partial charge in [-0.15, -0.1) is 0 Å². The van der Waals surface area contributed by atoms with Gasteiger partial charge in [0.15, 0.2) is 0 Å². The first-order valence-electron chi connectivity index (χ1n) is 8.84. The largest absolute Gasteiger partial charge is 0.480 e. The molecular formula is C23H21NO3S. The van der Waals surface area contributed by atoms with Crippen molar-refractivity contribution in [3.05, 3.63) is 83.3 Å². The van der Waals surface area contributed by atoms with Crippen molar-refractivity contribution >= 4 is 26.9 Å². The Morgan fingerprint density at radius 3 is 2.54 bits per heavy atom. The van der Waals surface area contributed by atoms with Crippen LogP contribution in [0.15, 0.2) is 72.1 Å². The van der Waals surface area contributed by atoms with E-state index in [0.717, 1.165) is 33.1 Å². The van der Waals surface area contributed by atoms with Crippen molar-refractivity contribution < 1.29 is 13.2 Å². The van der Waals surface area contributed by atoms with Gasteiger partial charge in [0.25, 0.3) is 0 Å². The minimum absolute atomic E-state index is 0.0273. The number of nitrogens with one attached hydrogen (secondary N) is 1. The average Bonchev–Trinajstić information content (AvgIpc) is 2.70. The molecule has 5 heteroatoms. The summed E-state index contributed by atoms with van der Waals surface area (Å²) in [6.07, 6.45) is 1.55. The molecule has 0 saturated heterocycles. The lowest BCUT2D eigenvalue weighted by atomic mass is 10.1. The molecule has 3 aromatic carbocycles. The fourth-order valence-electron chi connectivity index (χ4n) is 2.58. The van der Waals surface area contributed by atoms with Crippen LogP contribution in [-0.4, -0.2) is 21.6 Å². The van der Waals surface area contributed by atoms with Gasteiger partial charge in [-0.05, 0) is 30.0 Å². The van der Waals surface area contributed by atoms with E-state index in [4.69, 9.17) is 4.74 Å². The third-order valence-electron chi connectivity index (χ3n) is 4.05. The van der Waals surface area contributed by atoms with E-state index in [1.54, 1.807) is 6.08 Å². The van der Waals surface area contributed by atoms with Crippen LogP contribution < -0.4 is 9.46 Å². The lowest BCUT2D eigenvalue weighted by molar-refractivity contribution is 0.374. The summed E-state index contributed by atoms with van der Waals surface area (Å²) in [5.41, 5.74) is 1.95. The molecule has 0 radical (unpaired) electrons. The summed E-state index contributed by atoms with van der Waals surface area (Å²) in [5.74, 6) is 6.35. The van der Waals surface area contributed by atoms with Crippen LogP contribution in [0.5, 0.6) is 5.75 Å². The van der Waals surface area contributed by atoms with Crippen LogP contribution in [0.2, 0.25) is 0 Å². The van der Waals surface area contributed by atoms with Crippen LogP contribution in [0.4, 0.5) is 0 Å². The Kier molecular flexibility index (Phi) is 6.49. The van der Waals surface area contributed by atoms with Crippen molar-refractivity contribution in [1.82, 2.24) is 4.72 Å². The van der Waals surface area contributed by atoms with Gasteiger partial charge in [0.1, 0.15) is 12.4 Å². The number of ether oxygens (including phenoxy) is 1. The smallest absolute Gasteiger partial charge is 0.234 e. The van der Waals surface area contributed by atoms with Gasteiger partial charge in [-0.2, -0.15) is 4.72 Å². The molecule has 0 unspecified atom stereocenters. The molecule has 0 saturated carbocycles. The highest BCUT2D eigenvalue weighted by molar-refractivity contribution is 7.92. The molecule has 142 valence electrons. The molecule has 0 aliphatic carbocycles. The molecule has 0 bridgehead atoms. The maximum absolute atomic E-state index is 12.0. The third-order valence-corrected chi connectivity index (χ3v) is 5.09. The summed E-state index contributed by atoms with van der Waals surface area (Å²) in [6.45, 7) is 2.20. The average molecular weight is 391 g/mol. The van der Waals surface area contributed by atoms with Gasteiger partial charge in [-0.1, -0.05) is 78.1 Å². The number of hydrogen-bond acceptors (Lipinski definition) is 3. The Morgan fingerprint density at radius 1 is 0.964 bits per heavy atom. The molecule has 0 amide bonds. The molecule has 3 rings (SSSR count). The number of fused-ring (bicyclic) bond motifs is 1. The molecule has 4 nitrogen and oxygen atoms in total. The highest BCUT2D eigenvalue weighted by atomic mass is 32.2. The summed E-state index contributed by atoms with van der Waals surface area (Å²) >= 11 is 0. The third kappa shape index (κ3) is 5.71. The number of rotatable bonds is 6. The van der Waals surface area contributed by atoms with E-state index in [2.05, 4.69) is 16.6 Å². The lowest BCUT2D eigenvalue weighted by Gasteiger charge is -2.06. The van der Waals surface area contributed by atoms with Crippen LogP contribution >= 0.6 is 0 Å². The molecule has 1 N–H and O–H groups in total. The van der Waals surface area contributed by atoms with Gasteiger partial charge >= 0.3 is 0 Å².